The molecule has 0 aliphatic carbocycles. The Kier molecular flexibility index (Phi) is 4.77. The third-order valence-electron chi connectivity index (χ3n) is 3.61. The summed E-state index contributed by atoms with van der Waals surface area (Å²) in [4.78, 5) is 29.0. The van der Waals surface area contributed by atoms with Crippen LogP contribution in [-0.2, 0) is 11.3 Å². The molecule has 1 aromatic carbocycles. The van der Waals surface area contributed by atoms with Gasteiger partial charge in [0, 0.05) is 23.9 Å². The number of aromatic nitrogens is 2. The van der Waals surface area contributed by atoms with E-state index in [1.807, 2.05) is 18.2 Å². The van der Waals surface area contributed by atoms with Crippen molar-refractivity contribution in [1.29, 1.82) is 0 Å². The molecule has 1 fully saturated rings. The first-order valence-corrected chi connectivity index (χ1v) is 8.83. The van der Waals surface area contributed by atoms with E-state index in [1.54, 1.807) is 11.8 Å². The van der Waals surface area contributed by atoms with Crippen molar-refractivity contribution in [3.63, 3.8) is 0 Å². The van der Waals surface area contributed by atoms with Gasteiger partial charge in [0.25, 0.3) is 0 Å². The maximum absolute atomic E-state index is 11.6. The third kappa shape index (κ3) is 3.30. The van der Waals surface area contributed by atoms with Gasteiger partial charge >= 0.3 is 6.03 Å². The fourth-order valence-corrected chi connectivity index (χ4v) is 3.67. The summed E-state index contributed by atoms with van der Waals surface area (Å²) < 4.78 is 2.15. The molecule has 0 spiro atoms. The number of imidazole rings is 1. The summed E-state index contributed by atoms with van der Waals surface area (Å²) >= 11 is 7.58. The lowest BCUT2D eigenvalue weighted by Crippen LogP contribution is -2.32. The number of nitrogens with zero attached hydrogens (tertiary/aromatic N) is 3. The molecule has 0 atom stereocenters. The summed E-state index contributed by atoms with van der Waals surface area (Å²) in [6, 6.07) is 5.37. The van der Waals surface area contributed by atoms with Crippen LogP contribution in [-0.4, -0.2) is 45.2 Å². The van der Waals surface area contributed by atoms with Gasteiger partial charge in [-0.2, -0.15) is 0 Å². The summed E-state index contributed by atoms with van der Waals surface area (Å²) in [5.41, 5.74) is 1.91. The van der Waals surface area contributed by atoms with Gasteiger partial charge in [0.05, 0.1) is 17.6 Å². The van der Waals surface area contributed by atoms with E-state index in [9.17, 15) is 9.59 Å². The van der Waals surface area contributed by atoms with E-state index in [-0.39, 0.29) is 18.5 Å². The third-order valence-corrected chi connectivity index (χ3v) is 4.80. The molecule has 0 saturated carbocycles. The zero-order valence-electron chi connectivity index (χ0n) is 12.7. The van der Waals surface area contributed by atoms with Crippen molar-refractivity contribution >= 4 is 46.3 Å². The number of aryl methyl sites for hydroxylation is 1. The van der Waals surface area contributed by atoms with Gasteiger partial charge in [-0.15, -0.1) is 0 Å². The number of benzene rings is 1. The molecule has 6 nitrogen and oxygen atoms in total. The molecule has 1 saturated heterocycles. The number of halogens is 1. The standard InChI is InChI=1S/C15H17ClN4O2S/c1-2-5-19-12-4-3-10(16)8-11(12)18-15(19)23-7-6-20-13(21)9-17-14(20)22/h3-4,8H,2,5-7,9H2,1H3,(H,17,22). The molecule has 122 valence electrons. The summed E-state index contributed by atoms with van der Waals surface area (Å²) in [6.07, 6.45) is 0.995. The first kappa shape index (κ1) is 16.1. The van der Waals surface area contributed by atoms with E-state index in [1.165, 1.54) is 4.90 Å². The predicted octanol–water partition coefficient (Wildman–Crippen LogP) is 2.74. The van der Waals surface area contributed by atoms with Gasteiger partial charge < -0.3 is 9.88 Å². The van der Waals surface area contributed by atoms with Crippen LogP contribution in [0.2, 0.25) is 5.02 Å². The van der Waals surface area contributed by atoms with Crippen LogP contribution in [0.15, 0.2) is 23.4 Å². The van der Waals surface area contributed by atoms with Crippen LogP contribution < -0.4 is 5.32 Å². The van der Waals surface area contributed by atoms with Crippen LogP contribution in [0.5, 0.6) is 0 Å². The highest BCUT2D eigenvalue weighted by Crippen LogP contribution is 2.26. The number of fused-ring (bicyclic) bond motifs is 1. The lowest BCUT2D eigenvalue weighted by Gasteiger charge is -2.12. The maximum atomic E-state index is 11.6. The zero-order valence-corrected chi connectivity index (χ0v) is 14.3. The Morgan fingerprint density at radius 3 is 2.87 bits per heavy atom. The lowest BCUT2D eigenvalue weighted by atomic mass is 10.3. The second-order valence-electron chi connectivity index (χ2n) is 5.23. The SMILES string of the molecule is CCCn1c(SCCN2C(=O)CNC2=O)nc2cc(Cl)ccc21. The predicted molar refractivity (Wildman–Crippen MR) is 90.9 cm³/mol. The summed E-state index contributed by atoms with van der Waals surface area (Å²) in [5, 5.41) is 4.07. The fraction of sp³-hybridized carbons (Fsp3) is 0.400. The topological polar surface area (TPSA) is 67.2 Å². The molecule has 2 aromatic rings. The molecule has 0 bridgehead atoms. The molecule has 0 unspecified atom stereocenters. The summed E-state index contributed by atoms with van der Waals surface area (Å²) in [7, 11) is 0. The van der Waals surface area contributed by atoms with Crippen molar-refractivity contribution in [2.24, 2.45) is 0 Å². The molecule has 1 aliphatic heterocycles. The highest BCUT2D eigenvalue weighted by Gasteiger charge is 2.27. The number of carbonyl (C=O) groups excluding carboxylic acids is 2. The highest BCUT2D eigenvalue weighted by molar-refractivity contribution is 7.99. The van der Waals surface area contributed by atoms with E-state index in [0.717, 1.165) is 29.2 Å². The van der Waals surface area contributed by atoms with Gasteiger partial charge in [0.2, 0.25) is 5.91 Å². The molecular formula is C15H17ClN4O2S. The maximum Gasteiger partial charge on any atom is 0.324 e. The van der Waals surface area contributed by atoms with Crippen LogP contribution in [0.1, 0.15) is 13.3 Å². The Balaban J connectivity index is 1.75. The first-order valence-electron chi connectivity index (χ1n) is 7.47. The number of carbonyl (C=O) groups is 2. The van der Waals surface area contributed by atoms with Gasteiger partial charge in [0.15, 0.2) is 5.16 Å². The number of imide groups is 1. The smallest absolute Gasteiger partial charge is 0.324 e. The molecule has 2 heterocycles. The summed E-state index contributed by atoms with van der Waals surface area (Å²) in [5.74, 6) is 0.435. The number of thioether (sulfide) groups is 1. The molecular weight excluding hydrogens is 336 g/mol. The minimum Gasteiger partial charge on any atom is -0.329 e. The molecule has 3 rings (SSSR count). The van der Waals surface area contributed by atoms with E-state index < -0.39 is 0 Å². The summed E-state index contributed by atoms with van der Waals surface area (Å²) in [6.45, 7) is 3.45. The zero-order chi connectivity index (χ0) is 16.4. The average Bonchev–Trinajstić information content (AvgIpc) is 3.02. The van der Waals surface area contributed by atoms with Crippen LogP contribution in [0.4, 0.5) is 4.79 Å². The first-order chi connectivity index (χ1) is 11.1. The van der Waals surface area contributed by atoms with Crippen molar-refractivity contribution in [3.8, 4) is 0 Å². The molecule has 1 N–H and O–H groups in total. The highest BCUT2D eigenvalue weighted by atomic mass is 35.5. The minimum absolute atomic E-state index is 0.0936. The number of rotatable bonds is 6. The Hall–Kier alpha value is -1.73. The number of urea groups is 1. The second-order valence-corrected chi connectivity index (χ2v) is 6.73. The van der Waals surface area contributed by atoms with Crippen molar-refractivity contribution < 1.29 is 9.59 Å². The minimum atomic E-state index is -0.315. The monoisotopic (exact) mass is 352 g/mol. The lowest BCUT2D eigenvalue weighted by molar-refractivity contribution is -0.124. The molecule has 23 heavy (non-hydrogen) atoms. The molecule has 1 aromatic heterocycles. The van der Waals surface area contributed by atoms with E-state index in [4.69, 9.17) is 11.6 Å². The molecule has 0 radical (unpaired) electrons. The quantitative estimate of drug-likeness (QED) is 0.641. The van der Waals surface area contributed by atoms with Gasteiger partial charge in [-0.1, -0.05) is 30.3 Å². The van der Waals surface area contributed by atoms with Crippen LogP contribution in [0.3, 0.4) is 0 Å². The molecule has 8 heteroatoms. The number of hydrogen-bond acceptors (Lipinski definition) is 4. The molecule has 3 amide bonds. The average molecular weight is 353 g/mol. The van der Waals surface area contributed by atoms with E-state index >= 15 is 0 Å². The second kappa shape index (κ2) is 6.80. The molecule has 1 aliphatic rings. The van der Waals surface area contributed by atoms with Gasteiger partial charge in [-0.25, -0.2) is 9.78 Å². The Labute approximate surface area is 143 Å². The van der Waals surface area contributed by atoms with Gasteiger partial charge in [0.1, 0.15) is 0 Å². The van der Waals surface area contributed by atoms with Crippen LogP contribution in [0, 0.1) is 0 Å². The Morgan fingerprint density at radius 1 is 1.35 bits per heavy atom. The van der Waals surface area contributed by atoms with Crippen molar-refractivity contribution in [2.75, 3.05) is 18.8 Å². The van der Waals surface area contributed by atoms with E-state index in [0.29, 0.717) is 17.3 Å². The van der Waals surface area contributed by atoms with Crippen molar-refractivity contribution in [1.82, 2.24) is 19.8 Å². The Morgan fingerprint density at radius 2 is 2.17 bits per heavy atom. The van der Waals surface area contributed by atoms with Gasteiger partial charge in [-0.3, -0.25) is 9.69 Å². The van der Waals surface area contributed by atoms with Gasteiger partial charge in [-0.05, 0) is 24.6 Å². The number of hydrogen-bond donors (Lipinski definition) is 1. The van der Waals surface area contributed by atoms with Crippen LogP contribution in [0.25, 0.3) is 11.0 Å². The number of nitrogens with one attached hydrogen (secondary N) is 1. The normalized spacial score (nSPS) is 14.8. The van der Waals surface area contributed by atoms with Crippen molar-refractivity contribution in [2.45, 2.75) is 25.0 Å². The fourth-order valence-electron chi connectivity index (χ4n) is 2.54. The Bertz CT molecular complexity index is 745. The van der Waals surface area contributed by atoms with E-state index in [2.05, 4.69) is 21.8 Å². The number of amides is 3. The van der Waals surface area contributed by atoms with Crippen molar-refractivity contribution in [3.05, 3.63) is 23.2 Å². The van der Waals surface area contributed by atoms with Crippen LogP contribution >= 0.6 is 23.4 Å². The largest absolute Gasteiger partial charge is 0.329 e.